The van der Waals surface area contributed by atoms with Crippen LogP contribution in [-0.2, 0) is 16.1 Å². The van der Waals surface area contributed by atoms with Crippen molar-refractivity contribution in [3.8, 4) is 0 Å². The van der Waals surface area contributed by atoms with Gasteiger partial charge in [0, 0.05) is 4.70 Å². The van der Waals surface area contributed by atoms with Crippen molar-refractivity contribution in [2.45, 2.75) is 6.54 Å². The molecule has 0 saturated carbocycles. The van der Waals surface area contributed by atoms with E-state index in [0.717, 1.165) is 4.70 Å². The number of fused-ring (bicyclic) bond motifs is 1. The molecule has 0 atom stereocenters. The van der Waals surface area contributed by atoms with Gasteiger partial charge >= 0.3 is 5.97 Å². The van der Waals surface area contributed by atoms with E-state index in [-0.39, 0.29) is 19.0 Å². The first-order valence-corrected chi connectivity index (χ1v) is 7.59. The van der Waals surface area contributed by atoms with Crippen molar-refractivity contribution in [3.63, 3.8) is 0 Å². The van der Waals surface area contributed by atoms with Crippen LogP contribution in [0.5, 0.6) is 0 Å². The lowest BCUT2D eigenvalue weighted by Gasteiger charge is -2.04. The van der Waals surface area contributed by atoms with Crippen LogP contribution in [0.15, 0.2) is 47.1 Å². The fourth-order valence-electron chi connectivity index (χ4n) is 1.97. The van der Waals surface area contributed by atoms with Crippen LogP contribution in [-0.4, -0.2) is 18.5 Å². The van der Waals surface area contributed by atoms with E-state index in [1.807, 2.05) is 0 Å². The lowest BCUT2D eigenvalue weighted by molar-refractivity contribution is -0.124. The van der Waals surface area contributed by atoms with Gasteiger partial charge in [0.2, 0.25) is 0 Å². The summed E-state index contributed by atoms with van der Waals surface area (Å²) >= 11 is 1.19. The number of esters is 1. The number of nitrogens with one attached hydrogen (secondary N) is 1. The van der Waals surface area contributed by atoms with Crippen LogP contribution in [0.25, 0.3) is 10.1 Å². The maximum absolute atomic E-state index is 13.1. The molecule has 0 fully saturated rings. The number of carbonyl (C=O) groups is 2. The monoisotopic (exact) mass is 333 g/mol. The molecule has 0 aliphatic heterocycles. The molecule has 5 nitrogen and oxygen atoms in total. The molecule has 1 N–H and O–H groups in total. The summed E-state index contributed by atoms with van der Waals surface area (Å²) in [5.74, 6) is -0.801. The van der Waals surface area contributed by atoms with Crippen LogP contribution in [0.4, 0.5) is 4.39 Å². The van der Waals surface area contributed by atoms with E-state index in [4.69, 9.17) is 9.15 Å². The molecule has 118 valence electrons. The van der Waals surface area contributed by atoms with Gasteiger partial charge in [0.15, 0.2) is 6.61 Å². The molecule has 3 rings (SSSR count). The van der Waals surface area contributed by atoms with Gasteiger partial charge in [0.25, 0.3) is 5.91 Å². The van der Waals surface area contributed by atoms with Gasteiger partial charge in [-0.2, -0.15) is 0 Å². The van der Waals surface area contributed by atoms with Gasteiger partial charge in [-0.3, -0.25) is 4.79 Å². The van der Waals surface area contributed by atoms with Crippen molar-refractivity contribution in [2.24, 2.45) is 0 Å². The maximum Gasteiger partial charge on any atom is 0.348 e. The lowest BCUT2D eigenvalue weighted by Crippen LogP contribution is -2.28. The Morgan fingerprint density at radius 1 is 1.26 bits per heavy atom. The van der Waals surface area contributed by atoms with Crippen LogP contribution in [0.2, 0.25) is 0 Å². The summed E-state index contributed by atoms with van der Waals surface area (Å²) in [6, 6.07) is 9.26. The first-order chi connectivity index (χ1) is 11.1. The van der Waals surface area contributed by atoms with E-state index in [9.17, 15) is 14.0 Å². The minimum Gasteiger partial charge on any atom is -0.467 e. The summed E-state index contributed by atoms with van der Waals surface area (Å²) in [6.07, 6.45) is 1.51. The number of benzene rings is 1. The zero-order chi connectivity index (χ0) is 16.2. The highest BCUT2D eigenvalue weighted by Crippen LogP contribution is 2.26. The van der Waals surface area contributed by atoms with Crippen molar-refractivity contribution < 1.29 is 23.1 Å². The molecule has 2 aromatic heterocycles. The van der Waals surface area contributed by atoms with Gasteiger partial charge in [-0.25, -0.2) is 9.18 Å². The van der Waals surface area contributed by atoms with Crippen LogP contribution < -0.4 is 5.32 Å². The molecule has 0 bridgehead atoms. The minimum absolute atomic E-state index is 0.228. The largest absolute Gasteiger partial charge is 0.467 e. The highest BCUT2D eigenvalue weighted by atomic mass is 32.1. The summed E-state index contributed by atoms with van der Waals surface area (Å²) in [5, 5.41) is 3.20. The Labute approximate surface area is 134 Å². The number of carbonyl (C=O) groups excluding carboxylic acids is 2. The van der Waals surface area contributed by atoms with Crippen molar-refractivity contribution >= 4 is 33.3 Å². The predicted molar refractivity (Wildman–Crippen MR) is 82.6 cm³/mol. The molecule has 0 aliphatic carbocycles. The quantitative estimate of drug-likeness (QED) is 0.729. The standard InChI is InChI=1S/C16H12FNO4S/c17-11-3-4-13-10(6-11)7-14(23-13)16(20)22-9-15(19)18-8-12-2-1-5-21-12/h1-7H,8-9H2,(H,18,19). The zero-order valence-electron chi connectivity index (χ0n) is 11.9. The number of rotatable bonds is 5. The number of furan rings is 1. The molecule has 7 heteroatoms. The molecule has 0 radical (unpaired) electrons. The second-order valence-corrected chi connectivity index (χ2v) is 5.81. The third kappa shape index (κ3) is 3.75. The SMILES string of the molecule is O=C(COC(=O)c1cc2cc(F)ccc2s1)NCc1ccco1. The van der Waals surface area contributed by atoms with E-state index < -0.39 is 11.9 Å². The fraction of sp³-hybridized carbons (Fsp3) is 0.125. The molecular weight excluding hydrogens is 321 g/mol. The third-order valence-electron chi connectivity index (χ3n) is 3.05. The molecule has 2 heterocycles. The molecule has 0 aliphatic rings. The highest BCUT2D eigenvalue weighted by molar-refractivity contribution is 7.20. The van der Waals surface area contributed by atoms with E-state index in [1.165, 1.54) is 29.7 Å². The summed E-state index contributed by atoms with van der Waals surface area (Å²) in [4.78, 5) is 23.9. The van der Waals surface area contributed by atoms with Gasteiger partial charge in [0.1, 0.15) is 16.5 Å². The number of ether oxygens (including phenoxy) is 1. The Bertz CT molecular complexity index is 841. The van der Waals surface area contributed by atoms with Crippen molar-refractivity contribution in [1.29, 1.82) is 0 Å². The molecular formula is C16H12FNO4S. The zero-order valence-corrected chi connectivity index (χ0v) is 12.7. The second-order valence-electron chi connectivity index (χ2n) is 4.73. The minimum atomic E-state index is -0.611. The highest BCUT2D eigenvalue weighted by Gasteiger charge is 2.14. The molecule has 3 aromatic rings. The van der Waals surface area contributed by atoms with Crippen molar-refractivity contribution in [1.82, 2.24) is 5.32 Å². The normalized spacial score (nSPS) is 10.7. The summed E-state index contributed by atoms with van der Waals surface area (Å²) in [7, 11) is 0. The van der Waals surface area contributed by atoms with Crippen LogP contribution in [0.1, 0.15) is 15.4 Å². The molecule has 0 saturated heterocycles. The Hall–Kier alpha value is -2.67. The van der Waals surface area contributed by atoms with Gasteiger partial charge in [0.05, 0.1) is 12.8 Å². The van der Waals surface area contributed by atoms with Crippen LogP contribution >= 0.6 is 11.3 Å². The Morgan fingerprint density at radius 3 is 2.91 bits per heavy atom. The van der Waals surface area contributed by atoms with E-state index in [1.54, 1.807) is 24.3 Å². The Kier molecular flexibility index (Phi) is 4.38. The fourth-order valence-corrected chi connectivity index (χ4v) is 2.90. The number of hydrogen-bond donors (Lipinski definition) is 1. The van der Waals surface area contributed by atoms with E-state index in [2.05, 4.69) is 5.32 Å². The first-order valence-electron chi connectivity index (χ1n) is 6.77. The van der Waals surface area contributed by atoms with Crippen molar-refractivity contribution in [3.05, 3.63) is 59.1 Å². The molecule has 23 heavy (non-hydrogen) atoms. The number of halogens is 1. The molecule has 1 aromatic carbocycles. The Balaban J connectivity index is 1.54. The van der Waals surface area contributed by atoms with E-state index in [0.29, 0.717) is 16.0 Å². The smallest absolute Gasteiger partial charge is 0.348 e. The molecule has 0 spiro atoms. The first kappa shape index (κ1) is 15.2. The number of thiophene rings is 1. The predicted octanol–water partition coefficient (Wildman–Crippen LogP) is 3.11. The van der Waals surface area contributed by atoms with Gasteiger partial charge < -0.3 is 14.5 Å². The van der Waals surface area contributed by atoms with Gasteiger partial charge in [-0.05, 0) is 41.8 Å². The lowest BCUT2D eigenvalue weighted by atomic mass is 10.2. The number of hydrogen-bond acceptors (Lipinski definition) is 5. The average molecular weight is 333 g/mol. The van der Waals surface area contributed by atoms with Crippen molar-refractivity contribution in [2.75, 3.05) is 6.61 Å². The second kappa shape index (κ2) is 6.62. The van der Waals surface area contributed by atoms with Crippen LogP contribution in [0.3, 0.4) is 0 Å². The van der Waals surface area contributed by atoms with Gasteiger partial charge in [-0.1, -0.05) is 0 Å². The topological polar surface area (TPSA) is 68.5 Å². The molecule has 0 unspecified atom stereocenters. The summed E-state index contributed by atoms with van der Waals surface area (Å²) in [6.45, 7) is -0.159. The Morgan fingerprint density at radius 2 is 2.13 bits per heavy atom. The summed E-state index contributed by atoms with van der Waals surface area (Å²) < 4.78 is 23.9. The number of amides is 1. The average Bonchev–Trinajstić information content (AvgIpc) is 3.19. The van der Waals surface area contributed by atoms with E-state index >= 15 is 0 Å². The summed E-state index contributed by atoms with van der Waals surface area (Å²) in [5.41, 5.74) is 0. The van der Waals surface area contributed by atoms with Crippen LogP contribution in [0, 0.1) is 5.82 Å². The molecule has 1 amide bonds. The van der Waals surface area contributed by atoms with Gasteiger partial charge in [-0.15, -0.1) is 11.3 Å². The maximum atomic E-state index is 13.1. The third-order valence-corrected chi connectivity index (χ3v) is 4.15.